The zero-order valence-electron chi connectivity index (χ0n) is 12.0. The molecule has 0 aliphatic heterocycles. The third-order valence-corrected chi connectivity index (χ3v) is 2.56. The summed E-state index contributed by atoms with van der Waals surface area (Å²) in [7, 11) is 1.46. The molecule has 0 saturated heterocycles. The van der Waals surface area contributed by atoms with Crippen LogP contribution in [-0.4, -0.2) is 31.4 Å². The zero-order chi connectivity index (χ0) is 16.0. The van der Waals surface area contributed by atoms with Gasteiger partial charge in [-0.05, 0) is 38.1 Å². The molecule has 0 unspecified atom stereocenters. The van der Waals surface area contributed by atoms with Crippen LogP contribution in [0.4, 0.5) is 18.9 Å². The largest absolute Gasteiger partial charge is 0.497 e. The molecule has 1 aromatic carbocycles. The van der Waals surface area contributed by atoms with E-state index in [0.717, 1.165) is 0 Å². The minimum atomic E-state index is -4.56. The molecule has 1 rings (SSSR count). The lowest BCUT2D eigenvalue weighted by Crippen LogP contribution is -2.38. The Kier molecular flexibility index (Phi) is 5.87. The molecule has 0 fully saturated rings. The highest BCUT2D eigenvalue weighted by atomic mass is 19.4. The molecule has 0 aromatic heterocycles. The Balaban J connectivity index is 2.76. The average Bonchev–Trinajstić information content (AvgIpc) is 2.36. The number of rotatable bonds is 6. The summed E-state index contributed by atoms with van der Waals surface area (Å²) in [6, 6.07) is 3.96. The smallest absolute Gasteiger partial charge is 0.409 e. The van der Waals surface area contributed by atoms with Crippen LogP contribution in [0.25, 0.3) is 0 Å². The van der Waals surface area contributed by atoms with E-state index in [1.165, 1.54) is 31.4 Å². The van der Waals surface area contributed by atoms with E-state index in [9.17, 15) is 18.0 Å². The zero-order valence-corrected chi connectivity index (χ0v) is 12.0. The molecule has 7 heteroatoms. The van der Waals surface area contributed by atoms with Crippen LogP contribution in [0.1, 0.15) is 20.3 Å². The lowest BCUT2D eigenvalue weighted by Gasteiger charge is -2.22. The van der Waals surface area contributed by atoms with Crippen molar-refractivity contribution in [3.63, 3.8) is 0 Å². The number of carbonyl (C=O) groups is 1. The van der Waals surface area contributed by atoms with Crippen LogP contribution >= 0.6 is 0 Å². The number of benzene rings is 1. The molecule has 0 spiro atoms. The Hall–Kier alpha value is -1.92. The number of hydrogen-bond acceptors (Lipinski definition) is 4. The third-order valence-electron chi connectivity index (χ3n) is 2.56. The van der Waals surface area contributed by atoms with E-state index >= 15 is 0 Å². The van der Waals surface area contributed by atoms with Gasteiger partial charge in [-0.3, -0.25) is 4.79 Å². The highest BCUT2D eigenvalue weighted by molar-refractivity contribution is 5.71. The van der Waals surface area contributed by atoms with E-state index in [1.54, 1.807) is 13.8 Å². The van der Waals surface area contributed by atoms with Gasteiger partial charge in [0.05, 0.1) is 19.6 Å². The number of methoxy groups -OCH3 is 1. The first-order chi connectivity index (χ1) is 9.72. The SMILES string of the molecule is COc1ccc(N[C@@H](CC(=O)OC(C)C)C(F)(F)F)cc1. The Morgan fingerprint density at radius 2 is 1.81 bits per heavy atom. The van der Waals surface area contributed by atoms with Crippen LogP contribution in [0, 0.1) is 0 Å². The molecule has 1 N–H and O–H groups in total. The quantitative estimate of drug-likeness (QED) is 0.819. The molecule has 0 saturated carbocycles. The first-order valence-electron chi connectivity index (χ1n) is 6.39. The number of carbonyl (C=O) groups excluding carboxylic acids is 1. The number of anilines is 1. The maximum absolute atomic E-state index is 13.0. The summed E-state index contributed by atoms with van der Waals surface area (Å²) in [5.74, 6) is -0.364. The Morgan fingerprint density at radius 1 is 1.24 bits per heavy atom. The molecular weight excluding hydrogens is 287 g/mol. The van der Waals surface area contributed by atoms with Gasteiger partial charge >= 0.3 is 12.1 Å². The maximum Gasteiger partial charge on any atom is 0.409 e. The van der Waals surface area contributed by atoms with E-state index in [0.29, 0.717) is 5.75 Å². The van der Waals surface area contributed by atoms with E-state index in [4.69, 9.17) is 9.47 Å². The molecule has 1 atom stereocenters. The molecule has 0 aliphatic rings. The van der Waals surface area contributed by atoms with E-state index in [2.05, 4.69) is 5.32 Å². The van der Waals surface area contributed by atoms with E-state index in [-0.39, 0.29) is 5.69 Å². The molecular formula is C14H18F3NO3. The lowest BCUT2D eigenvalue weighted by molar-refractivity contribution is -0.163. The number of nitrogens with one attached hydrogen (secondary N) is 1. The van der Waals surface area contributed by atoms with Crippen molar-refractivity contribution in [1.82, 2.24) is 0 Å². The van der Waals surface area contributed by atoms with Gasteiger partial charge in [0.1, 0.15) is 11.8 Å². The van der Waals surface area contributed by atoms with Crippen molar-refractivity contribution >= 4 is 11.7 Å². The predicted octanol–water partition coefficient (Wildman–Crippen LogP) is 3.38. The molecule has 0 radical (unpaired) electrons. The van der Waals surface area contributed by atoms with Crippen molar-refractivity contribution in [1.29, 1.82) is 0 Å². The molecule has 4 nitrogen and oxygen atoms in total. The van der Waals surface area contributed by atoms with Gasteiger partial charge < -0.3 is 14.8 Å². The van der Waals surface area contributed by atoms with Crippen LogP contribution in [0.15, 0.2) is 24.3 Å². The van der Waals surface area contributed by atoms with Crippen molar-refractivity contribution in [2.24, 2.45) is 0 Å². The van der Waals surface area contributed by atoms with Gasteiger partial charge in [-0.1, -0.05) is 0 Å². The monoisotopic (exact) mass is 305 g/mol. The van der Waals surface area contributed by atoms with E-state index in [1.807, 2.05) is 0 Å². The highest BCUT2D eigenvalue weighted by Crippen LogP contribution is 2.27. The molecule has 0 aliphatic carbocycles. The summed E-state index contributed by atoms with van der Waals surface area (Å²) in [6.07, 6.45) is -5.80. The van der Waals surface area contributed by atoms with Crippen molar-refractivity contribution in [2.45, 2.75) is 38.6 Å². The van der Waals surface area contributed by atoms with Gasteiger partial charge in [-0.2, -0.15) is 13.2 Å². The van der Waals surface area contributed by atoms with Crippen molar-refractivity contribution in [3.8, 4) is 5.75 Å². The van der Waals surface area contributed by atoms with Gasteiger partial charge in [0.15, 0.2) is 0 Å². The van der Waals surface area contributed by atoms with Crippen molar-refractivity contribution < 1.29 is 27.4 Å². The summed E-state index contributed by atoms with van der Waals surface area (Å²) in [6.45, 7) is 3.16. The second-order valence-corrected chi connectivity index (χ2v) is 4.71. The van der Waals surface area contributed by atoms with Gasteiger partial charge in [-0.15, -0.1) is 0 Å². The number of halogens is 3. The standard InChI is InChI=1S/C14H18F3NO3/c1-9(2)21-13(19)8-12(14(15,16)17)18-10-4-6-11(20-3)7-5-10/h4-7,9,12,18H,8H2,1-3H3/t12-/m0/s1. The van der Waals surface area contributed by atoms with Gasteiger partial charge in [-0.25, -0.2) is 0 Å². The first-order valence-corrected chi connectivity index (χ1v) is 6.39. The first kappa shape index (κ1) is 17.1. The highest BCUT2D eigenvalue weighted by Gasteiger charge is 2.41. The number of alkyl halides is 3. The summed E-state index contributed by atoms with van der Waals surface area (Å²) in [5.41, 5.74) is 0.246. The maximum atomic E-state index is 13.0. The predicted molar refractivity (Wildman–Crippen MR) is 72.3 cm³/mol. The van der Waals surface area contributed by atoms with Crippen LogP contribution in [0.5, 0.6) is 5.75 Å². The normalized spacial score (nSPS) is 12.9. The Morgan fingerprint density at radius 3 is 2.24 bits per heavy atom. The molecule has 0 heterocycles. The van der Waals surface area contributed by atoms with Crippen LogP contribution in [0.2, 0.25) is 0 Å². The molecule has 118 valence electrons. The number of esters is 1. The average molecular weight is 305 g/mol. The van der Waals surface area contributed by atoms with Crippen LogP contribution in [0.3, 0.4) is 0 Å². The molecule has 0 amide bonds. The second-order valence-electron chi connectivity index (χ2n) is 4.71. The van der Waals surface area contributed by atoms with Gasteiger partial charge in [0.25, 0.3) is 0 Å². The van der Waals surface area contributed by atoms with Crippen molar-refractivity contribution in [2.75, 3.05) is 12.4 Å². The third kappa shape index (κ3) is 5.93. The molecule has 21 heavy (non-hydrogen) atoms. The minimum absolute atomic E-state index is 0.246. The molecule has 1 aromatic rings. The summed E-state index contributed by atoms with van der Waals surface area (Å²) >= 11 is 0. The fourth-order valence-electron chi connectivity index (χ4n) is 1.61. The molecule has 0 bridgehead atoms. The summed E-state index contributed by atoms with van der Waals surface area (Å²) < 4.78 is 48.5. The fourth-order valence-corrected chi connectivity index (χ4v) is 1.61. The Bertz CT molecular complexity index is 458. The second kappa shape index (κ2) is 7.19. The van der Waals surface area contributed by atoms with E-state index < -0.39 is 30.7 Å². The summed E-state index contributed by atoms with van der Waals surface area (Å²) in [5, 5.41) is 2.29. The topological polar surface area (TPSA) is 47.6 Å². The Labute approximate surface area is 121 Å². The number of ether oxygens (including phenoxy) is 2. The van der Waals surface area contributed by atoms with Gasteiger partial charge in [0.2, 0.25) is 0 Å². The minimum Gasteiger partial charge on any atom is -0.497 e. The fraction of sp³-hybridized carbons (Fsp3) is 0.500. The van der Waals surface area contributed by atoms with Crippen LogP contribution in [-0.2, 0) is 9.53 Å². The number of hydrogen-bond donors (Lipinski definition) is 1. The van der Waals surface area contributed by atoms with Gasteiger partial charge in [0, 0.05) is 5.69 Å². The lowest BCUT2D eigenvalue weighted by atomic mass is 10.1. The van der Waals surface area contributed by atoms with Crippen LogP contribution < -0.4 is 10.1 Å². The van der Waals surface area contributed by atoms with Crippen molar-refractivity contribution in [3.05, 3.63) is 24.3 Å². The summed E-state index contributed by atoms with van der Waals surface area (Å²) in [4.78, 5) is 11.4.